The zero-order chi connectivity index (χ0) is 14.5. The van der Waals surface area contributed by atoms with E-state index in [-0.39, 0.29) is 11.6 Å². The third-order valence-corrected chi connectivity index (χ3v) is 2.60. The molecule has 1 heterocycles. The molecule has 0 aliphatic rings. The average molecular weight is 272 g/mol. The van der Waals surface area contributed by atoms with Gasteiger partial charge in [0.05, 0.1) is 0 Å². The first kappa shape index (κ1) is 13.5. The second-order valence-corrected chi connectivity index (χ2v) is 4.08. The van der Waals surface area contributed by atoms with Gasteiger partial charge >= 0.3 is 5.97 Å². The molecule has 0 saturated carbocycles. The van der Waals surface area contributed by atoms with E-state index in [4.69, 9.17) is 5.11 Å². The van der Waals surface area contributed by atoms with E-state index in [9.17, 15) is 9.59 Å². The van der Waals surface area contributed by atoms with E-state index >= 15 is 0 Å². The number of carbonyl (C=O) groups excluding carboxylic acids is 1. The standard InChI is InChI=1S/C14H12N2O4/c1-9-8-11(4-2-10(9)3-5-13(17)18)15-14(19)12-6-7-20-16-12/h2-8H,1H3,(H,15,19)(H,17,18). The van der Waals surface area contributed by atoms with E-state index in [1.165, 1.54) is 18.4 Å². The lowest BCUT2D eigenvalue weighted by atomic mass is 10.1. The van der Waals surface area contributed by atoms with Crippen molar-refractivity contribution in [3.05, 3.63) is 53.4 Å². The molecule has 2 aromatic rings. The van der Waals surface area contributed by atoms with Gasteiger partial charge in [-0.05, 0) is 36.3 Å². The first-order valence-corrected chi connectivity index (χ1v) is 5.79. The van der Waals surface area contributed by atoms with Crippen LogP contribution >= 0.6 is 0 Å². The number of carbonyl (C=O) groups is 2. The lowest BCUT2D eigenvalue weighted by Gasteiger charge is -2.06. The van der Waals surface area contributed by atoms with Crippen LogP contribution in [0.2, 0.25) is 0 Å². The molecule has 1 amide bonds. The molecule has 102 valence electrons. The first-order chi connectivity index (χ1) is 9.56. The number of carboxylic acid groups (broad SMARTS) is 1. The molecule has 0 aliphatic carbocycles. The van der Waals surface area contributed by atoms with E-state index in [1.54, 1.807) is 18.2 Å². The lowest BCUT2D eigenvalue weighted by Crippen LogP contribution is -2.12. The quantitative estimate of drug-likeness (QED) is 0.833. The van der Waals surface area contributed by atoms with Gasteiger partial charge in [0, 0.05) is 17.8 Å². The monoisotopic (exact) mass is 272 g/mol. The van der Waals surface area contributed by atoms with Crippen LogP contribution in [0.5, 0.6) is 0 Å². The molecule has 0 saturated heterocycles. The lowest BCUT2D eigenvalue weighted by molar-refractivity contribution is -0.131. The van der Waals surface area contributed by atoms with Crippen LogP contribution in [-0.4, -0.2) is 22.1 Å². The number of anilines is 1. The van der Waals surface area contributed by atoms with Crippen molar-refractivity contribution >= 4 is 23.6 Å². The Bertz CT molecular complexity index is 660. The molecule has 0 atom stereocenters. The largest absolute Gasteiger partial charge is 0.478 e. The molecular formula is C14H12N2O4. The second-order valence-electron chi connectivity index (χ2n) is 4.08. The fraction of sp³-hybridized carbons (Fsp3) is 0.0714. The zero-order valence-corrected chi connectivity index (χ0v) is 10.7. The number of aliphatic carboxylic acids is 1. The summed E-state index contributed by atoms with van der Waals surface area (Å²) in [5, 5.41) is 14.8. The van der Waals surface area contributed by atoms with E-state index in [1.807, 2.05) is 6.92 Å². The Kier molecular flexibility index (Phi) is 3.95. The van der Waals surface area contributed by atoms with Gasteiger partial charge in [0.1, 0.15) is 6.26 Å². The minimum atomic E-state index is -1.01. The maximum Gasteiger partial charge on any atom is 0.328 e. The third kappa shape index (κ3) is 3.32. The SMILES string of the molecule is Cc1cc(NC(=O)c2ccon2)ccc1C=CC(=O)O. The minimum Gasteiger partial charge on any atom is -0.478 e. The Morgan fingerprint density at radius 2 is 2.15 bits per heavy atom. The number of nitrogens with one attached hydrogen (secondary N) is 1. The number of aryl methyl sites for hydroxylation is 1. The summed E-state index contributed by atoms with van der Waals surface area (Å²) in [5.74, 6) is -1.38. The van der Waals surface area contributed by atoms with Gasteiger partial charge in [0.25, 0.3) is 5.91 Å². The van der Waals surface area contributed by atoms with Crippen LogP contribution in [-0.2, 0) is 4.79 Å². The van der Waals surface area contributed by atoms with Gasteiger partial charge in [-0.1, -0.05) is 11.2 Å². The van der Waals surface area contributed by atoms with Crippen molar-refractivity contribution in [2.75, 3.05) is 5.32 Å². The van der Waals surface area contributed by atoms with E-state index in [2.05, 4.69) is 15.0 Å². The van der Waals surface area contributed by atoms with Crippen molar-refractivity contribution in [3.8, 4) is 0 Å². The number of hydrogen-bond acceptors (Lipinski definition) is 4. The van der Waals surface area contributed by atoms with Crippen LogP contribution in [0, 0.1) is 6.92 Å². The van der Waals surface area contributed by atoms with Gasteiger partial charge in [-0.25, -0.2) is 4.79 Å². The summed E-state index contributed by atoms with van der Waals surface area (Å²) in [6.45, 7) is 1.83. The van der Waals surface area contributed by atoms with Crippen LogP contribution < -0.4 is 5.32 Å². The highest BCUT2D eigenvalue weighted by Gasteiger charge is 2.09. The normalized spacial score (nSPS) is 10.7. The highest BCUT2D eigenvalue weighted by Crippen LogP contribution is 2.17. The van der Waals surface area contributed by atoms with Crippen LogP contribution in [0.25, 0.3) is 6.08 Å². The Morgan fingerprint density at radius 1 is 1.35 bits per heavy atom. The van der Waals surface area contributed by atoms with E-state index in [0.717, 1.165) is 17.2 Å². The fourth-order valence-electron chi connectivity index (χ4n) is 1.63. The second kappa shape index (κ2) is 5.83. The van der Waals surface area contributed by atoms with Crippen LogP contribution in [0.3, 0.4) is 0 Å². The molecule has 0 unspecified atom stereocenters. The Balaban J connectivity index is 2.13. The van der Waals surface area contributed by atoms with Crippen molar-refractivity contribution < 1.29 is 19.2 Å². The molecule has 6 heteroatoms. The molecule has 0 fully saturated rings. The molecule has 1 aromatic carbocycles. The maximum absolute atomic E-state index is 11.8. The molecule has 0 radical (unpaired) electrons. The van der Waals surface area contributed by atoms with Gasteiger partial charge in [-0.2, -0.15) is 0 Å². The van der Waals surface area contributed by atoms with Crippen molar-refractivity contribution in [1.29, 1.82) is 0 Å². The molecule has 6 nitrogen and oxygen atoms in total. The number of carboxylic acids is 1. The molecule has 0 bridgehead atoms. The number of amides is 1. The van der Waals surface area contributed by atoms with Gasteiger partial charge in [-0.3, -0.25) is 4.79 Å². The topological polar surface area (TPSA) is 92.4 Å². The number of nitrogens with zero attached hydrogens (tertiary/aromatic N) is 1. The van der Waals surface area contributed by atoms with E-state index in [0.29, 0.717) is 5.69 Å². The zero-order valence-electron chi connectivity index (χ0n) is 10.7. The first-order valence-electron chi connectivity index (χ1n) is 5.79. The van der Waals surface area contributed by atoms with Crippen LogP contribution in [0.1, 0.15) is 21.6 Å². The summed E-state index contributed by atoms with van der Waals surface area (Å²) in [4.78, 5) is 22.2. The number of rotatable bonds is 4. The summed E-state index contributed by atoms with van der Waals surface area (Å²) in [7, 11) is 0. The molecule has 0 spiro atoms. The van der Waals surface area contributed by atoms with E-state index < -0.39 is 5.97 Å². The Labute approximate surface area is 114 Å². The predicted molar refractivity (Wildman–Crippen MR) is 72.3 cm³/mol. The molecule has 0 aliphatic heterocycles. The van der Waals surface area contributed by atoms with Gasteiger partial charge in [0.2, 0.25) is 0 Å². The Morgan fingerprint density at radius 3 is 2.75 bits per heavy atom. The smallest absolute Gasteiger partial charge is 0.328 e. The molecule has 1 aromatic heterocycles. The maximum atomic E-state index is 11.8. The van der Waals surface area contributed by atoms with Crippen LogP contribution in [0.15, 0.2) is 41.1 Å². The number of benzene rings is 1. The van der Waals surface area contributed by atoms with Gasteiger partial charge in [0.15, 0.2) is 5.69 Å². The summed E-state index contributed by atoms with van der Waals surface area (Å²) in [5.41, 5.74) is 2.41. The fourth-order valence-corrected chi connectivity index (χ4v) is 1.63. The van der Waals surface area contributed by atoms with Crippen molar-refractivity contribution in [2.45, 2.75) is 6.92 Å². The molecule has 2 rings (SSSR count). The molecule has 2 N–H and O–H groups in total. The summed E-state index contributed by atoms with van der Waals surface area (Å²) in [6.07, 6.45) is 3.89. The van der Waals surface area contributed by atoms with Crippen molar-refractivity contribution in [2.24, 2.45) is 0 Å². The molecular weight excluding hydrogens is 260 g/mol. The summed E-state index contributed by atoms with van der Waals surface area (Å²) >= 11 is 0. The number of aromatic nitrogens is 1. The van der Waals surface area contributed by atoms with Crippen molar-refractivity contribution in [1.82, 2.24) is 5.16 Å². The highest BCUT2D eigenvalue weighted by atomic mass is 16.5. The number of hydrogen-bond donors (Lipinski definition) is 2. The highest BCUT2D eigenvalue weighted by molar-refractivity contribution is 6.02. The summed E-state index contributed by atoms with van der Waals surface area (Å²) < 4.78 is 4.59. The predicted octanol–water partition coefficient (Wildman–Crippen LogP) is 2.33. The van der Waals surface area contributed by atoms with Gasteiger partial charge in [-0.15, -0.1) is 0 Å². The average Bonchev–Trinajstić information content (AvgIpc) is 2.91. The Hall–Kier alpha value is -2.89. The molecule has 20 heavy (non-hydrogen) atoms. The van der Waals surface area contributed by atoms with Gasteiger partial charge < -0.3 is 14.9 Å². The van der Waals surface area contributed by atoms with Crippen molar-refractivity contribution in [3.63, 3.8) is 0 Å². The summed E-state index contributed by atoms with van der Waals surface area (Å²) in [6, 6.07) is 6.63. The third-order valence-electron chi connectivity index (χ3n) is 2.60. The van der Waals surface area contributed by atoms with Crippen LogP contribution in [0.4, 0.5) is 5.69 Å². The minimum absolute atomic E-state index is 0.192.